The molecule has 2 aliphatic carbocycles. The second-order valence-electron chi connectivity index (χ2n) is 9.33. The number of piperidine rings is 1. The number of benzene rings is 2. The summed E-state index contributed by atoms with van der Waals surface area (Å²) < 4.78 is 6.76. The van der Waals surface area contributed by atoms with E-state index in [1.54, 1.807) is 0 Å². The molecule has 4 aliphatic rings. The lowest BCUT2D eigenvalue weighted by molar-refractivity contribution is -0.167. The van der Waals surface area contributed by atoms with Crippen molar-refractivity contribution in [2.75, 3.05) is 13.6 Å². The second kappa shape index (κ2) is 4.64. The van der Waals surface area contributed by atoms with Crippen LogP contribution in [0.25, 0.3) is 10.9 Å². The molecule has 3 aromatic rings. The fourth-order valence-electron chi connectivity index (χ4n) is 6.99. The van der Waals surface area contributed by atoms with Crippen molar-refractivity contribution in [3.05, 3.63) is 64.3 Å². The number of aliphatic hydroxyl groups is 1. The number of ether oxygens (including phenoxy) is 1. The molecule has 2 N–H and O–H groups in total. The standard InChI is InChI=1S/C24H24N2O2/c1-13-7-8-14-11-18-24(27)12-16-15-5-3-4-6-17(15)25-20(16)22-23(24,9-10-26(18)2)19(14)21(13)28-22/h3-8,18,22,25,27H,9-12H2,1-2H3/t18-,22-,23-,24+/m0/s1. The molecule has 4 atom stereocenters. The van der Waals surface area contributed by atoms with E-state index in [0.717, 1.165) is 30.7 Å². The van der Waals surface area contributed by atoms with E-state index in [4.69, 9.17) is 4.74 Å². The predicted octanol–water partition coefficient (Wildman–Crippen LogP) is 3.40. The van der Waals surface area contributed by atoms with E-state index in [1.807, 2.05) is 0 Å². The number of aromatic amines is 1. The Morgan fingerprint density at radius 3 is 2.96 bits per heavy atom. The summed E-state index contributed by atoms with van der Waals surface area (Å²) in [7, 11) is 2.17. The zero-order valence-corrected chi connectivity index (χ0v) is 16.2. The molecule has 3 heterocycles. The van der Waals surface area contributed by atoms with Crippen LogP contribution in [0.15, 0.2) is 36.4 Å². The number of aromatic nitrogens is 1. The molecule has 0 saturated carbocycles. The maximum atomic E-state index is 12.5. The van der Waals surface area contributed by atoms with E-state index in [2.05, 4.69) is 60.3 Å². The van der Waals surface area contributed by atoms with Gasteiger partial charge in [-0.3, -0.25) is 0 Å². The number of rotatable bonds is 0. The third kappa shape index (κ3) is 1.45. The molecule has 142 valence electrons. The maximum Gasteiger partial charge on any atom is 0.151 e. The Bertz CT molecular complexity index is 1180. The molecule has 0 amide bonds. The minimum Gasteiger partial charge on any atom is -0.483 e. The molecule has 1 fully saturated rings. The monoisotopic (exact) mass is 372 g/mol. The molecule has 2 aliphatic heterocycles. The van der Waals surface area contributed by atoms with Crippen LogP contribution in [-0.4, -0.2) is 40.2 Å². The minimum atomic E-state index is -0.811. The summed E-state index contributed by atoms with van der Waals surface area (Å²) >= 11 is 0. The third-order valence-electron chi connectivity index (χ3n) is 8.25. The molecule has 2 bridgehead atoms. The number of H-pyrrole nitrogens is 1. The van der Waals surface area contributed by atoms with Crippen molar-refractivity contribution in [2.45, 2.75) is 49.3 Å². The Kier molecular flexibility index (Phi) is 2.58. The Hall–Kier alpha value is -2.30. The normalized spacial score (nSPS) is 34.8. The van der Waals surface area contributed by atoms with E-state index in [1.165, 1.54) is 33.3 Å². The van der Waals surface area contributed by atoms with Crippen LogP contribution in [-0.2, 0) is 18.3 Å². The Morgan fingerprint density at radius 1 is 1.21 bits per heavy atom. The fraction of sp³-hybridized carbons (Fsp3) is 0.417. The van der Waals surface area contributed by atoms with Gasteiger partial charge in [0.05, 0.1) is 16.7 Å². The summed E-state index contributed by atoms with van der Waals surface area (Å²) in [5.41, 5.74) is 6.25. The van der Waals surface area contributed by atoms with Gasteiger partial charge in [0.2, 0.25) is 0 Å². The van der Waals surface area contributed by atoms with Crippen LogP contribution in [0.5, 0.6) is 5.75 Å². The molecular weight excluding hydrogens is 348 g/mol. The highest BCUT2D eigenvalue weighted by Gasteiger charge is 2.72. The van der Waals surface area contributed by atoms with Crippen LogP contribution in [0.3, 0.4) is 0 Å². The lowest BCUT2D eigenvalue weighted by Gasteiger charge is -2.62. The number of hydrogen-bond donors (Lipinski definition) is 2. The summed E-state index contributed by atoms with van der Waals surface area (Å²) in [6.07, 6.45) is 2.37. The van der Waals surface area contributed by atoms with Gasteiger partial charge in [0, 0.05) is 28.9 Å². The quantitative estimate of drug-likeness (QED) is 0.636. The summed E-state index contributed by atoms with van der Waals surface area (Å²) in [6.45, 7) is 3.13. The van der Waals surface area contributed by atoms with Gasteiger partial charge < -0.3 is 19.7 Å². The maximum absolute atomic E-state index is 12.5. The van der Waals surface area contributed by atoms with Gasteiger partial charge >= 0.3 is 0 Å². The van der Waals surface area contributed by atoms with Crippen molar-refractivity contribution in [2.24, 2.45) is 0 Å². The van der Waals surface area contributed by atoms with E-state index >= 15 is 0 Å². The summed E-state index contributed by atoms with van der Waals surface area (Å²) in [5.74, 6) is 1.02. The van der Waals surface area contributed by atoms with E-state index < -0.39 is 5.60 Å². The molecule has 1 aromatic heterocycles. The Morgan fingerprint density at radius 2 is 2.07 bits per heavy atom. The number of para-hydroxylation sites is 1. The first-order valence-electron chi connectivity index (χ1n) is 10.4. The molecule has 1 saturated heterocycles. The molecule has 0 radical (unpaired) electrons. The third-order valence-corrected chi connectivity index (χ3v) is 8.25. The summed E-state index contributed by atoms with van der Waals surface area (Å²) in [4.78, 5) is 6.06. The lowest BCUT2D eigenvalue weighted by Crippen LogP contribution is -2.73. The van der Waals surface area contributed by atoms with Crippen LogP contribution >= 0.6 is 0 Å². The van der Waals surface area contributed by atoms with Crippen molar-refractivity contribution in [3.63, 3.8) is 0 Å². The molecule has 4 heteroatoms. The first kappa shape index (κ1) is 15.6. The number of likely N-dealkylation sites (tertiary alicyclic amines) is 1. The lowest BCUT2D eigenvalue weighted by atomic mass is 9.49. The van der Waals surface area contributed by atoms with Gasteiger partial charge in [-0.05, 0) is 56.1 Å². The average Bonchev–Trinajstić information content (AvgIpc) is 3.22. The number of fused-ring (bicyclic) bond motifs is 4. The minimum absolute atomic E-state index is 0.121. The van der Waals surface area contributed by atoms with Crippen LogP contribution in [0, 0.1) is 6.92 Å². The number of nitrogens with zero attached hydrogens (tertiary/aromatic N) is 1. The van der Waals surface area contributed by atoms with Crippen LogP contribution in [0.2, 0.25) is 0 Å². The highest BCUT2D eigenvalue weighted by Crippen LogP contribution is 2.67. The van der Waals surface area contributed by atoms with Gasteiger partial charge in [-0.2, -0.15) is 0 Å². The first-order chi connectivity index (χ1) is 13.5. The molecule has 2 aromatic carbocycles. The summed E-state index contributed by atoms with van der Waals surface area (Å²) in [5, 5.41) is 13.7. The molecule has 7 rings (SSSR count). The van der Waals surface area contributed by atoms with Crippen molar-refractivity contribution in [3.8, 4) is 5.75 Å². The zero-order chi connectivity index (χ0) is 18.8. The Balaban J connectivity index is 1.62. The molecule has 1 spiro atoms. The number of aryl methyl sites for hydroxylation is 1. The van der Waals surface area contributed by atoms with Crippen molar-refractivity contribution >= 4 is 10.9 Å². The smallest absolute Gasteiger partial charge is 0.151 e. The zero-order valence-electron chi connectivity index (χ0n) is 16.2. The molecule has 0 unspecified atom stereocenters. The highest BCUT2D eigenvalue weighted by molar-refractivity contribution is 5.86. The topological polar surface area (TPSA) is 48.5 Å². The van der Waals surface area contributed by atoms with Crippen LogP contribution in [0.1, 0.15) is 40.5 Å². The highest BCUT2D eigenvalue weighted by atomic mass is 16.5. The van der Waals surface area contributed by atoms with Crippen molar-refractivity contribution < 1.29 is 9.84 Å². The summed E-state index contributed by atoms with van der Waals surface area (Å²) in [6, 6.07) is 13.1. The number of likely N-dealkylation sites (N-methyl/N-ethyl adjacent to an activating group) is 1. The van der Waals surface area contributed by atoms with E-state index in [-0.39, 0.29) is 17.6 Å². The largest absolute Gasteiger partial charge is 0.483 e. The van der Waals surface area contributed by atoms with Crippen LogP contribution < -0.4 is 4.74 Å². The Labute approximate surface area is 164 Å². The van der Waals surface area contributed by atoms with Gasteiger partial charge in [0.1, 0.15) is 5.75 Å². The second-order valence-corrected chi connectivity index (χ2v) is 9.33. The van der Waals surface area contributed by atoms with Crippen molar-refractivity contribution in [1.29, 1.82) is 0 Å². The molecule has 4 nitrogen and oxygen atoms in total. The number of nitrogens with one attached hydrogen (secondary N) is 1. The molecular formula is C24H24N2O2. The first-order valence-corrected chi connectivity index (χ1v) is 10.4. The van der Waals surface area contributed by atoms with Gasteiger partial charge in [0.25, 0.3) is 0 Å². The predicted molar refractivity (Wildman–Crippen MR) is 108 cm³/mol. The van der Waals surface area contributed by atoms with Crippen molar-refractivity contribution in [1.82, 2.24) is 9.88 Å². The molecule has 28 heavy (non-hydrogen) atoms. The van der Waals surface area contributed by atoms with E-state index in [9.17, 15) is 5.11 Å². The fourth-order valence-corrected chi connectivity index (χ4v) is 6.99. The van der Waals surface area contributed by atoms with Gasteiger partial charge in [0.15, 0.2) is 6.10 Å². The van der Waals surface area contributed by atoms with Gasteiger partial charge in [-0.1, -0.05) is 30.3 Å². The number of hydrogen-bond acceptors (Lipinski definition) is 3. The van der Waals surface area contributed by atoms with Gasteiger partial charge in [-0.15, -0.1) is 0 Å². The SMILES string of the molecule is Cc1ccc2c3c1O[C@H]1c4[nH]c5ccccc5c4C[C@@]4(O)[C@H](C2)N(C)CC[C@]314. The van der Waals surface area contributed by atoms with Gasteiger partial charge in [-0.25, -0.2) is 0 Å². The average molecular weight is 372 g/mol. The van der Waals surface area contributed by atoms with E-state index in [0.29, 0.717) is 6.42 Å². The van der Waals surface area contributed by atoms with Crippen LogP contribution in [0.4, 0.5) is 0 Å².